The first kappa shape index (κ1) is 17.3. The van der Waals surface area contributed by atoms with Crippen molar-refractivity contribution in [2.75, 3.05) is 11.9 Å². The van der Waals surface area contributed by atoms with Gasteiger partial charge in [0.2, 0.25) is 5.91 Å². The van der Waals surface area contributed by atoms with E-state index in [4.69, 9.17) is 4.42 Å². The SMILES string of the molecule is Cc1c(C(=O)Nc2cccc(CN3CCCCC3=O)c2)oc2ccccc12. The summed E-state index contributed by atoms with van der Waals surface area (Å²) in [5.41, 5.74) is 3.24. The molecule has 1 aromatic heterocycles. The van der Waals surface area contributed by atoms with Crippen LogP contribution in [0.3, 0.4) is 0 Å². The highest BCUT2D eigenvalue weighted by Gasteiger charge is 2.19. The van der Waals surface area contributed by atoms with Crippen LogP contribution >= 0.6 is 0 Å². The first-order valence-electron chi connectivity index (χ1n) is 9.28. The fraction of sp³-hybridized carbons (Fsp3) is 0.273. The minimum atomic E-state index is -0.269. The molecule has 4 rings (SSSR count). The molecule has 0 atom stereocenters. The monoisotopic (exact) mass is 362 g/mol. The van der Waals surface area contributed by atoms with Gasteiger partial charge in [0.1, 0.15) is 5.58 Å². The van der Waals surface area contributed by atoms with Gasteiger partial charge >= 0.3 is 0 Å². The van der Waals surface area contributed by atoms with Gasteiger partial charge in [-0.25, -0.2) is 0 Å². The Morgan fingerprint density at radius 2 is 2.00 bits per heavy atom. The van der Waals surface area contributed by atoms with Crippen molar-refractivity contribution in [2.45, 2.75) is 32.7 Å². The summed E-state index contributed by atoms with van der Waals surface area (Å²) in [6.07, 6.45) is 2.65. The number of nitrogens with zero attached hydrogens (tertiary/aromatic N) is 1. The van der Waals surface area contributed by atoms with Crippen LogP contribution in [0.5, 0.6) is 0 Å². The Labute approximate surface area is 158 Å². The minimum absolute atomic E-state index is 0.202. The summed E-state index contributed by atoms with van der Waals surface area (Å²) in [4.78, 5) is 26.6. The number of carbonyl (C=O) groups excluding carboxylic acids is 2. The molecular formula is C22H22N2O3. The fourth-order valence-corrected chi connectivity index (χ4v) is 3.58. The molecule has 2 amide bonds. The van der Waals surface area contributed by atoms with E-state index in [0.29, 0.717) is 30.0 Å². The Kier molecular flexibility index (Phi) is 4.67. The lowest BCUT2D eigenvalue weighted by atomic mass is 10.1. The van der Waals surface area contributed by atoms with E-state index in [9.17, 15) is 9.59 Å². The molecule has 1 aliphatic rings. The van der Waals surface area contributed by atoms with E-state index in [1.54, 1.807) is 0 Å². The number of carbonyl (C=O) groups is 2. The molecule has 27 heavy (non-hydrogen) atoms. The van der Waals surface area contributed by atoms with E-state index in [-0.39, 0.29) is 11.8 Å². The number of rotatable bonds is 4. The zero-order valence-corrected chi connectivity index (χ0v) is 15.3. The number of para-hydroxylation sites is 1. The van der Waals surface area contributed by atoms with Gasteiger partial charge in [-0.2, -0.15) is 0 Å². The van der Waals surface area contributed by atoms with Crippen LogP contribution in [-0.4, -0.2) is 23.3 Å². The third-order valence-electron chi connectivity index (χ3n) is 5.03. The molecular weight excluding hydrogens is 340 g/mol. The number of piperidine rings is 1. The summed E-state index contributed by atoms with van der Waals surface area (Å²) in [5.74, 6) is 0.260. The maximum atomic E-state index is 12.7. The van der Waals surface area contributed by atoms with E-state index in [1.807, 2.05) is 60.4 Å². The molecule has 0 saturated carbocycles. The predicted octanol–water partition coefficient (Wildman–Crippen LogP) is 4.51. The number of benzene rings is 2. The molecule has 1 aliphatic heterocycles. The number of amides is 2. The summed E-state index contributed by atoms with van der Waals surface area (Å²) >= 11 is 0. The normalized spacial score (nSPS) is 14.6. The second-order valence-electron chi connectivity index (χ2n) is 6.98. The van der Waals surface area contributed by atoms with Crippen molar-refractivity contribution in [3.05, 3.63) is 65.4 Å². The second kappa shape index (κ2) is 7.27. The van der Waals surface area contributed by atoms with Crippen LogP contribution < -0.4 is 5.32 Å². The van der Waals surface area contributed by atoms with Crippen molar-refractivity contribution >= 4 is 28.5 Å². The molecule has 0 aliphatic carbocycles. The maximum Gasteiger partial charge on any atom is 0.291 e. The van der Waals surface area contributed by atoms with Gasteiger partial charge in [-0.3, -0.25) is 9.59 Å². The van der Waals surface area contributed by atoms with E-state index in [2.05, 4.69) is 5.32 Å². The summed E-state index contributed by atoms with van der Waals surface area (Å²) in [7, 11) is 0. The standard InChI is InChI=1S/C22H22N2O3/c1-15-18-9-2-3-10-19(18)27-21(15)22(26)23-17-8-6-7-16(13-17)14-24-12-5-4-11-20(24)25/h2-3,6-10,13H,4-5,11-12,14H2,1H3,(H,23,26). The lowest BCUT2D eigenvalue weighted by molar-refractivity contribution is -0.133. The Balaban J connectivity index is 1.51. The van der Waals surface area contributed by atoms with E-state index < -0.39 is 0 Å². The largest absolute Gasteiger partial charge is 0.451 e. The first-order chi connectivity index (χ1) is 13.1. The predicted molar refractivity (Wildman–Crippen MR) is 105 cm³/mol. The number of anilines is 1. The molecule has 2 aromatic carbocycles. The summed E-state index contributed by atoms with van der Waals surface area (Å²) in [6, 6.07) is 15.2. The van der Waals surface area contributed by atoms with Crippen LogP contribution in [0.4, 0.5) is 5.69 Å². The molecule has 0 radical (unpaired) electrons. The summed E-state index contributed by atoms with van der Waals surface area (Å²) in [6.45, 7) is 3.26. The zero-order valence-electron chi connectivity index (χ0n) is 15.3. The topological polar surface area (TPSA) is 62.6 Å². The molecule has 138 valence electrons. The maximum absolute atomic E-state index is 12.7. The quantitative estimate of drug-likeness (QED) is 0.743. The molecule has 5 nitrogen and oxygen atoms in total. The van der Waals surface area contributed by atoms with Crippen LogP contribution in [0.25, 0.3) is 11.0 Å². The van der Waals surface area contributed by atoms with Crippen LogP contribution in [0.15, 0.2) is 52.9 Å². The number of hydrogen-bond donors (Lipinski definition) is 1. The smallest absolute Gasteiger partial charge is 0.291 e. The van der Waals surface area contributed by atoms with Gasteiger partial charge in [-0.15, -0.1) is 0 Å². The van der Waals surface area contributed by atoms with E-state index >= 15 is 0 Å². The van der Waals surface area contributed by atoms with Crippen molar-refractivity contribution in [1.82, 2.24) is 4.90 Å². The molecule has 1 fully saturated rings. The third-order valence-corrected chi connectivity index (χ3v) is 5.03. The molecule has 3 aromatic rings. The number of furan rings is 1. The van der Waals surface area contributed by atoms with Gasteiger partial charge in [-0.05, 0) is 43.5 Å². The number of fused-ring (bicyclic) bond motifs is 1. The van der Waals surface area contributed by atoms with Crippen LogP contribution in [0, 0.1) is 6.92 Å². The number of nitrogens with one attached hydrogen (secondary N) is 1. The van der Waals surface area contributed by atoms with Crippen LogP contribution in [0.1, 0.15) is 40.9 Å². The molecule has 0 unspecified atom stereocenters. The lowest BCUT2D eigenvalue weighted by Crippen LogP contribution is -2.34. The molecule has 1 N–H and O–H groups in total. The van der Waals surface area contributed by atoms with Crippen molar-refractivity contribution in [3.8, 4) is 0 Å². The van der Waals surface area contributed by atoms with Crippen molar-refractivity contribution in [2.24, 2.45) is 0 Å². The molecule has 5 heteroatoms. The second-order valence-corrected chi connectivity index (χ2v) is 6.98. The fourth-order valence-electron chi connectivity index (χ4n) is 3.58. The van der Waals surface area contributed by atoms with Crippen molar-refractivity contribution in [3.63, 3.8) is 0 Å². The molecule has 1 saturated heterocycles. The Morgan fingerprint density at radius 1 is 1.15 bits per heavy atom. The van der Waals surface area contributed by atoms with Crippen molar-refractivity contribution < 1.29 is 14.0 Å². The summed E-state index contributed by atoms with van der Waals surface area (Å²) in [5, 5.41) is 3.86. The van der Waals surface area contributed by atoms with Gasteiger partial charge in [0.05, 0.1) is 0 Å². The van der Waals surface area contributed by atoms with Gasteiger partial charge in [0, 0.05) is 36.1 Å². The molecule has 0 bridgehead atoms. The average molecular weight is 362 g/mol. The van der Waals surface area contributed by atoms with Gasteiger partial charge in [-0.1, -0.05) is 30.3 Å². The third kappa shape index (κ3) is 3.58. The minimum Gasteiger partial charge on any atom is -0.451 e. The van der Waals surface area contributed by atoms with E-state index in [0.717, 1.165) is 35.9 Å². The zero-order chi connectivity index (χ0) is 18.8. The van der Waals surface area contributed by atoms with E-state index in [1.165, 1.54) is 0 Å². The Morgan fingerprint density at radius 3 is 2.81 bits per heavy atom. The van der Waals surface area contributed by atoms with Gasteiger partial charge in [0.25, 0.3) is 5.91 Å². The summed E-state index contributed by atoms with van der Waals surface area (Å²) < 4.78 is 5.73. The number of hydrogen-bond acceptors (Lipinski definition) is 3. The Hall–Kier alpha value is -3.08. The molecule has 0 spiro atoms. The highest BCUT2D eigenvalue weighted by atomic mass is 16.3. The van der Waals surface area contributed by atoms with Crippen LogP contribution in [0.2, 0.25) is 0 Å². The van der Waals surface area contributed by atoms with Gasteiger partial charge in [0.15, 0.2) is 5.76 Å². The number of likely N-dealkylation sites (tertiary alicyclic amines) is 1. The molecule has 2 heterocycles. The van der Waals surface area contributed by atoms with Gasteiger partial charge < -0.3 is 14.6 Å². The first-order valence-corrected chi connectivity index (χ1v) is 9.28. The Bertz CT molecular complexity index is 1010. The van der Waals surface area contributed by atoms with Crippen molar-refractivity contribution in [1.29, 1.82) is 0 Å². The van der Waals surface area contributed by atoms with Crippen LogP contribution in [-0.2, 0) is 11.3 Å². The lowest BCUT2D eigenvalue weighted by Gasteiger charge is -2.26. The number of aryl methyl sites for hydroxylation is 1. The average Bonchev–Trinajstić information content (AvgIpc) is 3.01. The highest BCUT2D eigenvalue weighted by Crippen LogP contribution is 2.26. The highest BCUT2D eigenvalue weighted by molar-refractivity contribution is 6.06.